The van der Waals surface area contributed by atoms with Crippen molar-refractivity contribution in [3.63, 3.8) is 0 Å². The van der Waals surface area contributed by atoms with Gasteiger partial charge in [0.15, 0.2) is 0 Å². The molecule has 0 saturated carbocycles. The highest BCUT2D eigenvalue weighted by Crippen LogP contribution is 2.33. The van der Waals surface area contributed by atoms with Crippen molar-refractivity contribution in [2.24, 2.45) is 0 Å². The minimum absolute atomic E-state index is 0.580. The van der Waals surface area contributed by atoms with Gasteiger partial charge in [-0.3, -0.25) is 0 Å². The SMILES string of the molecule is Cc1cccc(Cl)c1-c1ccc(N)c(N)c1. The molecule has 2 rings (SSSR count). The van der Waals surface area contributed by atoms with Crippen molar-refractivity contribution in [2.45, 2.75) is 6.92 Å². The highest BCUT2D eigenvalue weighted by molar-refractivity contribution is 6.33. The zero-order chi connectivity index (χ0) is 11.7. The molecule has 0 spiro atoms. The minimum atomic E-state index is 0.580. The number of nitrogen functional groups attached to an aromatic ring is 2. The van der Waals surface area contributed by atoms with Crippen molar-refractivity contribution >= 4 is 23.0 Å². The van der Waals surface area contributed by atoms with Gasteiger partial charge in [-0.1, -0.05) is 29.8 Å². The predicted octanol–water partition coefficient (Wildman–Crippen LogP) is 3.48. The lowest BCUT2D eigenvalue weighted by Gasteiger charge is -2.10. The summed E-state index contributed by atoms with van der Waals surface area (Å²) in [5, 5.41) is 0.726. The first-order valence-corrected chi connectivity index (χ1v) is 5.38. The van der Waals surface area contributed by atoms with Crippen LogP contribution in [0.2, 0.25) is 5.02 Å². The monoisotopic (exact) mass is 232 g/mol. The molecule has 0 fully saturated rings. The van der Waals surface area contributed by atoms with Gasteiger partial charge >= 0.3 is 0 Å². The van der Waals surface area contributed by atoms with E-state index in [4.69, 9.17) is 23.1 Å². The molecule has 0 unspecified atom stereocenters. The summed E-state index contributed by atoms with van der Waals surface area (Å²) >= 11 is 6.18. The number of aryl methyl sites for hydroxylation is 1. The zero-order valence-electron chi connectivity index (χ0n) is 9.00. The molecular weight excluding hydrogens is 220 g/mol. The van der Waals surface area contributed by atoms with Crippen molar-refractivity contribution in [3.05, 3.63) is 47.0 Å². The average Bonchev–Trinajstić information content (AvgIpc) is 2.23. The third kappa shape index (κ3) is 1.84. The topological polar surface area (TPSA) is 52.0 Å². The lowest BCUT2D eigenvalue weighted by Crippen LogP contribution is -1.95. The molecule has 2 aromatic rings. The Kier molecular flexibility index (Phi) is 2.75. The van der Waals surface area contributed by atoms with Crippen LogP contribution in [0.5, 0.6) is 0 Å². The van der Waals surface area contributed by atoms with Crippen molar-refractivity contribution in [3.8, 4) is 11.1 Å². The molecule has 0 aromatic heterocycles. The van der Waals surface area contributed by atoms with Crippen LogP contribution in [0.3, 0.4) is 0 Å². The van der Waals surface area contributed by atoms with Crippen LogP contribution in [-0.2, 0) is 0 Å². The summed E-state index contributed by atoms with van der Waals surface area (Å²) in [7, 11) is 0. The maximum atomic E-state index is 6.18. The van der Waals surface area contributed by atoms with E-state index in [1.807, 2.05) is 37.3 Å². The Hall–Kier alpha value is -1.67. The molecule has 0 amide bonds. The third-order valence-corrected chi connectivity index (χ3v) is 2.91. The van der Waals surface area contributed by atoms with E-state index in [0.29, 0.717) is 11.4 Å². The van der Waals surface area contributed by atoms with E-state index < -0.39 is 0 Å². The summed E-state index contributed by atoms with van der Waals surface area (Å²) in [5.41, 5.74) is 15.8. The maximum absolute atomic E-state index is 6.18. The first kappa shape index (κ1) is 10.8. The number of nitrogens with two attached hydrogens (primary N) is 2. The number of rotatable bonds is 1. The standard InChI is InChI=1S/C13H13ClN2/c1-8-3-2-4-10(14)13(8)9-5-6-11(15)12(16)7-9/h2-7H,15-16H2,1H3. The van der Waals surface area contributed by atoms with Crippen LogP contribution < -0.4 is 11.5 Å². The molecule has 0 aliphatic heterocycles. The molecule has 0 radical (unpaired) electrons. The normalized spacial score (nSPS) is 10.4. The first-order chi connectivity index (χ1) is 7.59. The predicted molar refractivity (Wildman–Crippen MR) is 70.4 cm³/mol. The number of benzene rings is 2. The molecule has 0 atom stereocenters. The Bertz CT molecular complexity index is 515. The molecule has 2 aromatic carbocycles. The van der Waals surface area contributed by atoms with E-state index in [2.05, 4.69) is 0 Å². The van der Waals surface area contributed by atoms with Gasteiger partial charge < -0.3 is 11.5 Å². The van der Waals surface area contributed by atoms with E-state index in [9.17, 15) is 0 Å². The molecule has 0 heterocycles. The van der Waals surface area contributed by atoms with E-state index in [1.54, 1.807) is 6.07 Å². The number of anilines is 2. The summed E-state index contributed by atoms with van der Waals surface area (Å²) in [6.07, 6.45) is 0. The Morgan fingerprint density at radius 2 is 1.75 bits per heavy atom. The van der Waals surface area contributed by atoms with Gasteiger partial charge in [0.1, 0.15) is 0 Å². The molecule has 16 heavy (non-hydrogen) atoms. The van der Waals surface area contributed by atoms with Crippen LogP contribution >= 0.6 is 11.6 Å². The zero-order valence-corrected chi connectivity index (χ0v) is 9.75. The first-order valence-electron chi connectivity index (χ1n) is 5.00. The molecule has 2 nitrogen and oxygen atoms in total. The van der Waals surface area contributed by atoms with Crippen LogP contribution in [0.4, 0.5) is 11.4 Å². The number of hydrogen-bond donors (Lipinski definition) is 2. The van der Waals surface area contributed by atoms with Gasteiger partial charge in [0, 0.05) is 10.6 Å². The highest BCUT2D eigenvalue weighted by Gasteiger charge is 2.07. The molecule has 0 aliphatic rings. The summed E-state index contributed by atoms with van der Waals surface area (Å²) in [6, 6.07) is 11.4. The fraction of sp³-hybridized carbons (Fsp3) is 0.0769. The summed E-state index contributed by atoms with van der Waals surface area (Å²) in [6.45, 7) is 2.02. The van der Waals surface area contributed by atoms with Crippen LogP contribution in [0, 0.1) is 6.92 Å². The molecule has 82 valence electrons. The second-order valence-corrected chi connectivity index (χ2v) is 4.18. The van der Waals surface area contributed by atoms with Crippen LogP contribution in [-0.4, -0.2) is 0 Å². The summed E-state index contributed by atoms with van der Waals surface area (Å²) in [5.74, 6) is 0. The Balaban J connectivity index is 2.63. The van der Waals surface area contributed by atoms with Gasteiger partial charge in [-0.15, -0.1) is 0 Å². The van der Waals surface area contributed by atoms with Gasteiger partial charge in [0.25, 0.3) is 0 Å². The smallest absolute Gasteiger partial charge is 0.0554 e. The van der Waals surface area contributed by atoms with E-state index in [0.717, 1.165) is 21.7 Å². The Morgan fingerprint density at radius 3 is 2.38 bits per heavy atom. The van der Waals surface area contributed by atoms with Gasteiger partial charge in [0.05, 0.1) is 11.4 Å². The Labute approximate surface area is 99.8 Å². The highest BCUT2D eigenvalue weighted by atomic mass is 35.5. The third-order valence-electron chi connectivity index (χ3n) is 2.60. The van der Waals surface area contributed by atoms with Crippen LogP contribution in [0.15, 0.2) is 36.4 Å². The maximum Gasteiger partial charge on any atom is 0.0554 e. The minimum Gasteiger partial charge on any atom is -0.397 e. The average molecular weight is 233 g/mol. The fourth-order valence-electron chi connectivity index (χ4n) is 1.73. The molecule has 0 aliphatic carbocycles. The summed E-state index contributed by atoms with van der Waals surface area (Å²) < 4.78 is 0. The largest absolute Gasteiger partial charge is 0.397 e. The van der Waals surface area contributed by atoms with Crippen LogP contribution in [0.1, 0.15) is 5.56 Å². The lowest BCUT2D eigenvalue weighted by atomic mass is 10.00. The second-order valence-electron chi connectivity index (χ2n) is 3.78. The summed E-state index contributed by atoms with van der Waals surface area (Å²) in [4.78, 5) is 0. The van der Waals surface area contributed by atoms with E-state index >= 15 is 0 Å². The van der Waals surface area contributed by atoms with Crippen molar-refractivity contribution < 1.29 is 0 Å². The number of hydrogen-bond acceptors (Lipinski definition) is 2. The van der Waals surface area contributed by atoms with Crippen molar-refractivity contribution in [1.29, 1.82) is 0 Å². The number of halogens is 1. The Morgan fingerprint density at radius 1 is 1.00 bits per heavy atom. The molecule has 0 saturated heterocycles. The molecule has 3 heteroatoms. The van der Waals surface area contributed by atoms with E-state index in [-0.39, 0.29) is 0 Å². The molecular formula is C13H13ClN2. The lowest BCUT2D eigenvalue weighted by molar-refractivity contribution is 1.46. The van der Waals surface area contributed by atoms with Crippen molar-refractivity contribution in [1.82, 2.24) is 0 Å². The van der Waals surface area contributed by atoms with Gasteiger partial charge in [0.2, 0.25) is 0 Å². The van der Waals surface area contributed by atoms with E-state index in [1.165, 1.54) is 0 Å². The fourth-order valence-corrected chi connectivity index (χ4v) is 2.06. The van der Waals surface area contributed by atoms with Gasteiger partial charge in [-0.2, -0.15) is 0 Å². The quantitative estimate of drug-likeness (QED) is 0.740. The van der Waals surface area contributed by atoms with Gasteiger partial charge in [-0.25, -0.2) is 0 Å². The second kappa shape index (κ2) is 4.06. The van der Waals surface area contributed by atoms with Gasteiger partial charge in [-0.05, 0) is 36.2 Å². The molecule has 4 N–H and O–H groups in total. The molecule has 0 bridgehead atoms. The van der Waals surface area contributed by atoms with Crippen LogP contribution in [0.25, 0.3) is 11.1 Å². The van der Waals surface area contributed by atoms with Crippen molar-refractivity contribution in [2.75, 3.05) is 11.5 Å².